The fourth-order valence-electron chi connectivity index (χ4n) is 7.49. The Morgan fingerprint density at radius 3 is 2.34 bits per heavy atom. The average molecular weight is 792 g/mol. The zero-order valence-electron chi connectivity index (χ0n) is 32.7. The first kappa shape index (κ1) is 40.8. The summed E-state index contributed by atoms with van der Waals surface area (Å²) in [6.07, 6.45) is 5.34. The Hall–Kier alpha value is -4.89. The van der Waals surface area contributed by atoms with Crippen LogP contribution in [0.25, 0.3) is 0 Å². The number of aliphatic hydroxyl groups excluding tert-OH is 1. The fourth-order valence-corrected chi connectivity index (χ4v) is 8.88. The molecule has 1 saturated heterocycles. The predicted molar refractivity (Wildman–Crippen MR) is 211 cm³/mol. The van der Waals surface area contributed by atoms with Crippen LogP contribution in [0.2, 0.25) is 0 Å². The number of hydrogen-bond acceptors (Lipinski definition) is 8. The van der Waals surface area contributed by atoms with E-state index in [-0.39, 0.29) is 23.9 Å². The molecule has 0 bridgehead atoms. The Kier molecular flexibility index (Phi) is 12.4. The highest BCUT2D eigenvalue weighted by Crippen LogP contribution is 2.46. The van der Waals surface area contributed by atoms with Crippen molar-refractivity contribution in [3.63, 3.8) is 0 Å². The highest BCUT2D eigenvalue weighted by molar-refractivity contribution is 8.14. The number of hydrogen-bond donors (Lipinski definition) is 4. The zero-order valence-corrected chi connectivity index (χ0v) is 33.5. The van der Waals surface area contributed by atoms with Gasteiger partial charge in [-0.2, -0.15) is 0 Å². The minimum Gasteiger partial charge on any atom is -0.497 e. The van der Waals surface area contributed by atoms with E-state index >= 15 is 0 Å². The number of amides is 5. The van der Waals surface area contributed by atoms with Crippen LogP contribution in [0, 0.1) is 5.92 Å². The molecule has 56 heavy (non-hydrogen) atoms. The number of alkyl carbamates (subject to hydrolysis) is 1. The van der Waals surface area contributed by atoms with Crippen molar-refractivity contribution in [3.8, 4) is 5.75 Å². The number of allylic oxidation sites excluding steroid dienone is 1. The number of nitrogens with zero attached hydrogens (tertiary/aromatic N) is 2. The quantitative estimate of drug-likeness (QED) is 0.218. The van der Waals surface area contributed by atoms with Crippen molar-refractivity contribution in [3.05, 3.63) is 71.8 Å². The molecule has 0 radical (unpaired) electrons. The molecule has 4 N–H and O–H groups in total. The number of benzene rings is 2. The van der Waals surface area contributed by atoms with Crippen LogP contribution in [0.4, 0.5) is 9.59 Å². The van der Waals surface area contributed by atoms with Crippen LogP contribution < -0.4 is 20.1 Å². The summed E-state index contributed by atoms with van der Waals surface area (Å²) in [6, 6.07) is 12.6. The maximum atomic E-state index is 14.5. The number of ether oxygens (including phenoxy) is 3. The first-order chi connectivity index (χ1) is 26.7. The van der Waals surface area contributed by atoms with Crippen molar-refractivity contribution in [2.75, 3.05) is 13.7 Å². The minimum absolute atomic E-state index is 0.0127. The Labute approximate surface area is 330 Å². The third kappa shape index (κ3) is 9.55. The normalized spacial score (nSPS) is 26.5. The molecule has 5 amide bonds. The monoisotopic (exact) mass is 791 g/mol. The number of nitrogens with one attached hydrogen (secondary N) is 3. The second kappa shape index (κ2) is 17.1. The molecule has 0 spiro atoms. The summed E-state index contributed by atoms with van der Waals surface area (Å²) >= 11 is 0. The van der Waals surface area contributed by atoms with E-state index < -0.39 is 69.9 Å². The van der Waals surface area contributed by atoms with Gasteiger partial charge in [-0.3, -0.25) is 24.0 Å². The molecule has 6 rings (SSSR count). The van der Waals surface area contributed by atoms with Gasteiger partial charge in [-0.05, 0) is 99.4 Å². The number of fused-ring (bicyclic) bond motifs is 3. The van der Waals surface area contributed by atoms with Crippen molar-refractivity contribution in [2.45, 2.75) is 120 Å². The third-order valence-electron chi connectivity index (χ3n) is 10.5. The summed E-state index contributed by atoms with van der Waals surface area (Å²) in [4.78, 5) is 73.3. The number of methoxy groups -OCH3 is 1. The summed E-state index contributed by atoms with van der Waals surface area (Å²) in [5.74, 6) is -1.29. The van der Waals surface area contributed by atoms with Gasteiger partial charge in [-0.25, -0.2) is 9.59 Å². The Morgan fingerprint density at radius 2 is 1.70 bits per heavy atom. The highest BCUT2D eigenvalue weighted by Gasteiger charge is 2.61. The lowest BCUT2D eigenvalue weighted by atomic mass is 10.0. The molecule has 2 fully saturated rings. The van der Waals surface area contributed by atoms with Crippen molar-refractivity contribution < 1.29 is 43.3 Å². The molecule has 1 aliphatic carbocycles. The maximum absolute atomic E-state index is 14.5. The standard InChI is InChI=1S/C41H53N5O9S/c1-26(47)56(32-19-17-30(53-5)18-20-32)44-37(50)41-22-29(41)15-9-7-6-8-10-16-33(42-38(51)55-40(2,3)4)36(49)46-25-31(21-34(46)35(48)43-41)54-39(52)45-23-27-13-11-12-14-28(27)24-45/h9,11-15,17-20,29,31,33-34,47H,6-8,10,16,21-25H2,1-5H3,(H,42,51)(H,43,48)(H,44,50)/b15-9-/t29-,31-,33+,34+,41-,56?/m1/s1. The Bertz CT molecular complexity index is 1860. The number of carbonyl (C=O) groups is 5. The molecule has 15 heteroatoms. The van der Waals surface area contributed by atoms with E-state index in [1.807, 2.05) is 36.4 Å². The molecule has 1 saturated carbocycles. The van der Waals surface area contributed by atoms with Gasteiger partial charge in [0, 0.05) is 30.3 Å². The van der Waals surface area contributed by atoms with E-state index in [1.54, 1.807) is 57.0 Å². The molecule has 3 aliphatic heterocycles. The topological polar surface area (TPSA) is 176 Å². The molecule has 0 aromatic heterocycles. The molecular formula is C41H53N5O9S. The lowest BCUT2D eigenvalue weighted by Crippen LogP contribution is -2.57. The maximum Gasteiger partial charge on any atom is 0.410 e. The zero-order chi connectivity index (χ0) is 40.2. The third-order valence-corrected chi connectivity index (χ3v) is 12.2. The SMILES string of the molecule is COc1ccc(/S(NC(=O)[C@@]23C[C@H]2/C=C\CCCCC[C@H](NC(=O)OC(C)(C)C)C(=O)N2C[C@H](OC(=O)N4Cc5ccccc5C4)C[C@H]2C(=O)N3)=C(\C)O)cc1. The number of rotatable bonds is 6. The highest BCUT2D eigenvalue weighted by atomic mass is 32.2. The van der Waals surface area contributed by atoms with Crippen LogP contribution in [-0.2, 0) is 36.9 Å². The largest absolute Gasteiger partial charge is 0.497 e. The van der Waals surface area contributed by atoms with Crippen LogP contribution in [0.1, 0.15) is 83.8 Å². The van der Waals surface area contributed by atoms with Gasteiger partial charge in [0.05, 0.1) is 18.7 Å². The average Bonchev–Trinajstić information content (AvgIpc) is 3.45. The smallest absolute Gasteiger partial charge is 0.410 e. The number of aliphatic hydroxyl groups is 1. The summed E-state index contributed by atoms with van der Waals surface area (Å²) < 4.78 is 19.7. The van der Waals surface area contributed by atoms with Crippen LogP contribution in [0.5, 0.6) is 5.75 Å². The minimum atomic E-state index is -1.36. The van der Waals surface area contributed by atoms with Gasteiger partial charge in [-0.1, -0.05) is 49.3 Å². The van der Waals surface area contributed by atoms with Gasteiger partial charge >= 0.3 is 12.2 Å². The van der Waals surface area contributed by atoms with E-state index in [2.05, 4.69) is 15.4 Å². The van der Waals surface area contributed by atoms with Gasteiger partial charge in [0.2, 0.25) is 11.8 Å². The fraction of sp³-hybridized carbons (Fsp3) is 0.512. The molecule has 4 aliphatic rings. The molecule has 1 unspecified atom stereocenters. The van der Waals surface area contributed by atoms with E-state index in [0.29, 0.717) is 43.0 Å². The number of carbonyl (C=O) groups excluding carboxylic acids is 5. The summed E-state index contributed by atoms with van der Waals surface area (Å²) in [5, 5.41) is 16.4. The predicted octanol–water partition coefficient (Wildman–Crippen LogP) is 5.47. The molecule has 3 heterocycles. The second-order valence-corrected chi connectivity index (χ2v) is 17.7. The summed E-state index contributed by atoms with van der Waals surface area (Å²) in [7, 11) is 0.331. The van der Waals surface area contributed by atoms with Gasteiger partial charge in [0.15, 0.2) is 0 Å². The Balaban J connectivity index is 1.27. The molecule has 6 atom stereocenters. The van der Waals surface area contributed by atoms with Crippen molar-refractivity contribution in [2.24, 2.45) is 5.92 Å². The van der Waals surface area contributed by atoms with Gasteiger partial charge < -0.3 is 34.9 Å². The molecular weight excluding hydrogens is 739 g/mol. The summed E-state index contributed by atoms with van der Waals surface area (Å²) in [6.45, 7) is 7.38. The van der Waals surface area contributed by atoms with Gasteiger partial charge in [-0.15, -0.1) is 0 Å². The first-order valence-electron chi connectivity index (χ1n) is 19.2. The van der Waals surface area contributed by atoms with E-state index in [9.17, 15) is 29.1 Å². The molecule has 2 aromatic rings. The second-order valence-electron chi connectivity index (χ2n) is 15.8. The summed E-state index contributed by atoms with van der Waals surface area (Å²) in [5.41, 5.74) is -0.122. The lowest BCUT2D eigenvalue weighted by Gasteiger charge is -2.30. The van der Waals surface area contributed by atoms with Crippen molar-refractivity contribution >= 4 is 45.6 Å². The van der Waals surface area contributed by atoms with Crippen LogP contribution in [0.15, 0.2) is 65.6 Å². The van der Waals surface area contributed by atoms with Crippen LogP contribution in [0.3, 0.4) is 0 Å². The molecule has 2 aromatic carbocycles. The molecule has 14 nitrogen and oxygen atoms in total. The first-order valence-corrected chi connectivity index (χ1v) is 20.4. The van der Waals surface area contributed by atoms with E-state index in [4.69, 9.17) is 14.2 Å². The Morgan fingerprint density at radius 1 is 1.00 bits per heavy atom. The van der Waals surface area contributed by atoms with Gasteiger partial charge in [0.1, 0.15) is 35.1 Å². The van der Waals surface area contributed by atoms with E-state index in [0.717, 1.165) is 30.4 Å². The van der Waals surface area contributed by atoms with Crippen LogP contribution >= 0.6 is 10.7 Å². The molecule has 302 valence electrons. The van der Waals surface area contributed by atoms with Crippen molar-refractivity contribution in [1.82, 2.24) is 25.2 Å². The van der Waals surface area contributed by atoms with Crippen LogP contribution in [-0.4, -0.2) is 92.8 Å². The van der Waals surface area contributed by atoms with E-state index in [1.165, 1.54) is 11.8 Å². The van der Waals surface area contributed by atoms with Crippen molar-refractivity contribution in [1.29, 1.82) is 0 Å². The lowest BCUT2D eigenvalue weighted by molar-refractivity contribution is -0.141. The van der Waals surface area contributed by atoms with Gasteiger partial charge in [0.25, 0.3) is 5.91 Å².